The molecular weight excluding hydrogens is 574 g/mol. The molecule has 2 aromatic carbocycles. The fourth-order valence-electron chi connectivity index (χ4n) is 5.51. The van der Waals surface area contributed by atoms with Crippen LogP contribution in [0.2, 0.25) is 0 Å². The molecule has 0 saturated carbocycles. The van der Waals surface area contributed by atoms with E-state index < -0.39 is 29.7 Å². The van der Waals surface area contributed by atoms with E-state index in [2.05, 4.69) is 32.8 Å². The summed E-state index contributed by atoms with van der Waals surface area (Å²) in [5.74, 6) is 4.22. The number of hydrogen-bond acceptors (Lipinski definition) is 8. The summed E-state index contributed by atoms with van der Waals surface area (Å²) in [5, 5.41) is 9.32. The van der Waals surface area contributed by atoms with Crippen molar-refractivity contribution in [3.8, 4) is 11.8 Å². The molecule has 11 heteroatoms. The number of benzene rings is 2. The third kappa shape index (κ3) is 6.23. The molecule has 0 aliphatic carbocycles. The smallest absolute Gasteiger partial charge is 0.263 e. The van der Waals surface area contributed by atoms with Crippen molar-refractivity contribution >= 4 is 40.5 Å². The number of pyridine rings is 1. The highest BCUT2D eigenvalue weighted by Gasteiger charge is 2.45. The molecule has 6 rings (SSSR count). The lowest BCUT2D eigenvalue weighted by atomic mass is 10.0. The van der Waals surface area contributed by atoms with Crippen LogP contribution in [0.25, 0.3) is 11.0 Å². The Bertz CT molecular complexity index is 1840. The van der Waals surface area contributed by atoms with Crippen molar-refractivity contribution in [3.63, 3.8) is 0 Å². The molecule has 5 amide bonds. The number of nitrogens with one attached hydrogen (secondary N) is 3. The SMILES string of the molecule is O=C(CNC(c1cccnc1)c1cc2ccccc2o1)NCCCC#Cc1cccc2c1C(=O)N(C1CCC(=O)NC1=O)C2=O. The number of rotatable bonds is 9. The van der Waals surface area contributed by atoms with Gasteiger partial charge in [0, 0.05) is 42.7 Å². The van der Waals surface area contributed by atoms with E-state index in [4.69, 9.17) is 4.42 Å². The van der Waals surface area contributed by atoms with Crippen LogP contribution in [0.5, 0.6) is 0 Å². The van der Waals surface area contributed by atoms with Gasteiger partial charge in [-0.05, 0) is 48.7 Å². The Balaban J connectivity index is 1.02. The Kier molecular flexibility index (Phi) is 8.48. The van der Waals surface area contributed by atoms with Crippen LogP contribution >= 0.6 is 0 Å². The highest BCUT2D eigenvalue weighted by molar-refractivity contribution is 6.24. The van der Waals surface area contributed by atoms with Crippen LogP contribution in [-0.4, -0.2) is 58.6 Å². The van der Waals surface area contributed by atoms with Crippen LogP contribution in [0.1, 0.15) is 69.3 Å². The standard InChI is InChI=1S/C34H29N5O6/c40-28-15-14-25(32(42)38-28)39-33(43)24-12-6-10-21(30(24)34(39)44)8-2-1-5-17-36-29(41)20-37-31(23-11-7-16-35-19-23)27-18-22-9-3-4-13-26(22)45-27/h3-4,6-7,9-13,16,18-19,25,31,37H,1,5,14-15,17,20H2,(H,36,41)(H,38,40,42). The number of carbonyl (C=O) groups excluding carboxylic acids is 5. The van der Waals surface area contributed by atoms with Crippen LogP contribution in [0, 0.1) is 11.8 Å². The molecule has 1 fully saturated rings. The maximum absolute atomic E-state index is 13.2. The monoisotopic (exact) mass is 603 g/mol. The van der Waals surface area contributed by atoms with E-state index >= 15 is 0 Å². The summed E-state index contributed by atoms with van der Waals surface area (Å²) in [6, 6.07) is 16.8. The van der Waals surface area contributed by atoms with Crippen molar-refractivity contribution < 1.29 is 28.4 Å². The largest absolute Gasteiger partial charge is 0.459 e. The molecule has 0 radical (unpaired) electrons. The lowest BCUT2D eigenvalue weighted by molar-refractivity contribution is -0.136. The van der Waals surface area contributed by atoms with Gasteiger partial charge in [0.15, 0.2) is 0 Å². The summed E-state index contributed by atoms with van der Waals surface area (Å²) >= 11 is 0. The minimum Gasteiger partial charge on any atom is -0.459 e. The molecule has 0 bridgehead atoms. The highest BCUT2D eigenvalue weighted by atomic mass is 16.3. The van der Waals surface area contributed by atoms with Gasteiger partial charge in [-0.15, -0.1) is 0 Å². The van der Waals surface area contributed by atoms with Gasteiger partial charge in [-0.3, -0.25) is 44.5 Å². The number of hydrogen-bond donors (Lipinski definition) is 3. The molecule has 45 heavy (non-hydrogen) atoms. The second-order valence-electron chi connectivity index (χ2n) is 10.7. The molecule has 4 heterocycles. The molecule has 2 aliphatic rings. The van der Waals surface area contributed by atoms with Crippen LogP contribution in [0.15, 0.2) is 77.5 Å². The lowest BCUT2D eigenvalue weighted by Crippen LogP contribution is -2.54. The third-order valence-electron chi connectivity index (χ3n) is 7.71. The predicted octanol–water partition coefficient (Wildman–Crippen LogP) is 2.86. The number of piperidine rings is 1. The number of unbranched alkanes of at least 4 members (excludes halogenated alkanes) is 1. The zero-order valence-corrected chi connectivity index (χ0v) is 24.2. The maximum atomic E-state index is 13.2. The van der Waals surface area contributed by atoms with E-state index in [1.54, 1.807) is 24.5 Å². The van der Waals surface area contributed by atoms with Crippen molar-refractivity contribution in [2.45, 2.75) is 37.8 Å². The van der Waals surface area contributed by atoms with E-state index in [0.717, 1.165) is 21.4 Å². The quantitative estimate of drug-likeness (QED) is 0.150. The van der Waals surface area contributed by atoms with Gasteiger partial charge in [-0.1, -0.05) is 42.2 Å². The van der Waals surface area contributed by atoms with E-state index in [0.29, 0.717) is 30.7 Å². The van der Waals surface area contributed by atoms with Gasteiger partial charge in [0.1, 0.15) is 17.4 Å². The summed E-state index contributed by atoms with van der Waals surface area (Å²) in [5.41, 5.74) is 2.36. The first-order valence-corrected chi connectivity index (χ1v) is 14.6. The number of imide groups is 2. The Morgan fingerprint density at radius 2 is 1.93 bits per heavy atom. The van der Waals surface area contributed by atoms with Gasteiger partial charge in [-0.25, -0.2) is 0 Å². The highest BCUT2D eigenvalue weighted by Crippen LogP contribution is 2.30. The molecule has 4 aromatic rings. The van der Waals surface area contributed by atoms with Crippen molar-refractivity contribution in [3.05, 3.63) is 101 Å². The number of amides is 5. The first-order valence-electron chi connectivity index (χ1n) is 14.6. The van der Waals surface area contributed by atoms with Gasteiger partial charge >= 0.3 is 0 Å². The fraction of sp³-hybridized carbons (Fsp3) is 0.235. The Labute approximate surface area is 258 Å². The van der Waals surface area contributed by atoms with E-state index in [-0.39, 0.29) is 42.5 Å². The minimum absolute atomic E-state index is 0.0510. The first kappa shape index (κ1) is 29.5. The molecule has 2 aliphatic heterocycles. The second kappa shape index (κ2) is 13.0. The molecule has 3 N–H and O–H groups in total. The molecule has 2 atom stereocenters. The topological polar surface area (TPSA) is 151 Å². The average Bonchev–Trinajstić information content (AvgIpc) is 3.58. The maximum Gasteiger partial charge on any atom is 0.263 e. The first-order chi connectivity index (χ1) is 21.9. The van der Waals surface area contributed by atoms with E-state index in [1.165, 1.54) is 6.07 Å². The van der Waals surface area contributed by atoms with Crippen molar-refractivity contribution in [2.24, 2.45) is 0 Å². The van der Waals surface area contributed by atoms with Crippen LogP contribution < -0.4 is 16.0 Å². The van der Waals surface area contributed by atoms with Crippen LogP contribution in [0.4, 0.5) is 0 Å². The van der Waals surface area contributed by atoms with E-state index in [1.807, 2.05) is 42.5 Å². The Morgan fingerprint density at radius 3 is 2.73 bits per heavy atom. The number of carbonyl (C=O) groups is 5. The van der Waals surface area contributed by atoms with E-state index in [9.17, 15) is 24.0 Å². The second-order valence-corrected chi connectivity index (χ2v) is 10.7. The zero-order chi connectivity index (χ0) is 31.3. The number of nitrogens with zero attached hydrogens (tertiary/aromatic N) is 2. The number of aromatic nitrogens is 1. The number of furan rings is 1. The fourth-order valence-corrected chi connectivity index (χ4v) is 5.51. The summed E-state index contributed by atoms with van der Waals surface area (Å²) in [4.78, 5) is 67.9. The van der Waals surface area contributed by atoms with Crippen molar-refractivity contribution in [1.29, 1.82) is 0 Å². The lowest BCUT2D eigenvalue weighted by Gasteiger charge is -2.27. The molecule has 2 unspecified atom stereocenters. The average molecular weight is 604 g/mol. The zero-order valence-electron chi connectivity index (χ0n) is 24.2. The Morgan fingerprint density at radius 1 is 1.07 bits per heavy atom. The van der Waals surface area contributed by atoms with Gasteiger partial charge in [0.05, 0.1) is 23.7 Å². The van der Waals surface area contributed by atoms with Gasteiger partial charge in [0.25, 0.3) is 11.8 Å². The summed E-state index contributed by atoms with van der Waals surface area (Å²) < 4.78 is 6.05. The third-order valence-corrected chi connectivity index (χ3v) is 7.71. The van der Waals surface area contributed by atoms with Gasteiger partial charge in [-0.2, -0.15) is 0 Å². The minimum atomic E-state index is -1.03. The predicted molar refractivity (Wildman–Crippen MR) is 163 cm³/mol. The number of fused-ring (bicyclic) bond motifs is 2. The van der Waals surface area contributed by atoms with Crippen LogP contribution in [0.3, 0.4) is 0 Å². The summed E-state index contributed by atoms with van der Waals surface area (Å²) in [6.45, 7) is 0.448. The number of para-hydroxylation sites is 1. The van der Waals surface area contributed by atoms with Gasteiger partial charge in [0.2, 0.25) is 17.7 Å². The molecule has 226 valence electrons. The molecule has 2 aromatic heterocycles. The summed E-state index contributed by atoms with van der Waals surface area (Å²) in [7, 11) is 0. The molecule has 11 nitrogen and oxygen atoms in total. The summed E-state index contributed by atoms with van der Waals surface area (Å²) in [6.07, 6.45) is 4.57. The molecule has 0 spiro atoms. The normalized spacial score (nSPS) is 16.6. The van der Waals surface area contributed by atoms with Crippen molar-refractivity contribution in [2.75, 3.05) is 13.1 Å². The Hall–Kier alpha value is -5.60. The van der Waals surface area contributed by atoms with Crippen LogP contribution in [-0.2, 0) is 14.4 Å². The molecule has 1 saturated heterocycles. The van der Waals surface area contributed by atoms with Gasteiger partial charge < -0.3 is 9.73 Å². The van der Waals surface area contributed by atoms with Crippen molar-refractivity contribution in [1.82, 2.24) is 25.8 Å². The molecular formula is C34H29N5O6.